The third-order valence-corrected chi connectivity index (χ3v) is 4.33. The largest absolute Gasteiger partial charge is 0.370 e. The number of para-hydroxylation sites is 1. The quantitative estimate of drug-likeness (QED) is 0.730. The van der Waals surface area contributed by atoms with E-state index in [9.17, 15) is 12.3 Å². The molecule has 23 heavy (non-hydrogen) atoms. The molecule has 0 aliphatic heterocycles. The van der Waals surface area contributed by atoms with Crippen LogP contribution >= 0.6 is 0 Å². The first-order valence-electron chi connectivity index (χ1n) is 7.21. The smallest absolute Gasteiger partial charge is 0.332 e. The Bertz CT molecular complexity index is 768. The molecule has 2 rings (SSSR count). The molecule has 0 unspecified atom stereocenters. The molecule has 0 amide bonds. The second kappa shape index (κ2) is 7.75. The van der Waals surface area contributed by atoms with Gasteiger partial charge in [0.05, 0.1) is 17.4 Å². The van der Waals surface area contributed by atoms with Crippen molar-refractivity contribution in [3.8, 4) is 6.07 Å². The van der Waals surface area contributed by atoms with Gasteiger partial charge in [-0.2, -0.15) is 13.7 Å². The van der Waals surface area contributed by atoms with Crippen LogP contribution in [0.4, 0.5) is 9.57 Å². The summed E-state index contributed by atoms with van der Waals surface area (Å²) in [5, 5.41) is 8.79. The van der Waals surface area contributed by atoms with Gasteiger partial charge in [0.2, 0.25) is 0 Å². The summed E-state index contributed by atoms with van der Waals surface area (Å²) in [6, 6.07) is 17.7. The van der Waals surface area contributed by atoms with E-state index >= 15 is 0 Å². The van der Waals surface area contributed by atoms with Gasteiger partial charge in [-0.05, 0) is 36.2 Å². The van der Waals surface area contributed by atoms with E-state index in [0.717, 1.165) is 11.3 Å². The lowest BCUT2D eigenvalue weighted by Gasteiger charge is -2.23. The fraction of sp³-hybridized carbons (Fsp3) is 0.235. The van der Waals surface area contributed by atoms with Crippen LogP contribution in [-0.2, 0) is 16.6 Å². The highest BCUT2D eigenvalue weighted by atomic mass is 32.3. The standard InChI is InChI=1S/C17H17FN2O2S/c18-23(21,22)17-9-7-15(8-10-17)11-14-20(13-4-12-19)16-5-2-1-3-6-16/h1-3,5-10H,4,11,13-14H2. The van der Waals surface area contributed by atoms with Crippen molar-refractivity contribution >= 4 is 15.9 Å². The molecule has 0 aromatic heterocycles. The summed E-state index contributed by atoms with van der Waals surface area (Å²) < 4.78 is 34.5. The average molecular weight is 332 g/mol. The second-order valence-electron chi connectivity index (χ2n) is 5.06. The minimum Gasteiger partial charge on any atom is -0.370 e. The Labute approximate surface area is 136 Å². The average Bonchev–Trinajstić information content (AvgIpc) is 2.55. The fourth-order valence-corrected chi connectivity index (χ4v) is 2.74. The molecule has 2 aromatic carbocycles. The third kappa shape index (κ3) is 5.08. The highest BCUT2D eigenvalue weighted by molar-refractivity contribution is 7.86. The molecule has 0 spiro atoms. The van der Waals surface area contributed by atoms with Crippen molar-refractivity contribution in [2.75, 3.05) is 18.0 Å². The highest BCUT2D eigenvalue weighted by Gasteiger charge is 2.11. The number of hydrogen-bond donors (Lipinski definition) is 0. The topological polar surface area (TPSA) is 61.2 Å². The van der Waals surface area contributed by atoms with Crippen molar-refractivity contribution in [1.29, 1.82) is 5.26 Å². The van der Waals surface area contributed by atoms with Gasteiger partial charge in [-0.3, -0.25) is 0 Å². The molecule has 0 aliphatic carbocycles. The summed E-state index contributed by atoms with van der Waals surface area (Å²) in [5.41, 5.74) is 1.95. The van der Waals surface area contributed by atoms with Gasteiger partial charge in [-0.15, -0.1) is 3.89 Å². The predicted octanol–water partition coefficient (Wildman–Crippen LogP) is 3.31. The first-order valence-corrected chi connectivity index (χ1v) is 8.59. The van der Waals surface area contributed by atoms with Gasteiger partial charge >= 0.3 is 10.2 Å². The van der Waals surface area contributed by atoms with E-state index in [1.54, 1.807) is 12.1 Å². The number of anilines is 1. The number of nitriles is 1. The van der Waals surface area contributed by atoms with E-state index in [4.69, 9.17) is 5.26 Å². The maximum atomic E-state index is 12.9. The summed E-state index contributed by atoms with van der Waals surface area (Å²) in [6.07, 6.45) is 1.10. The molecule has 0 atom stereocenters. The molecule has 120 valence electrons. The molecular formula is C17H17FN2O2S. The highest BCUT2D eigenvalue weighted by Crippen LogP contribution is 2.16. The van der Waals surface area contributed by atoms with Crippen molar-refractivity contribution in [2.45, 2.75) is 17.7 Å². The van der Waals surface area contributed by atoms with E-state index in [1.807, 2.05) is 30.3 Å². The summed E-state index contributed by atoms with van der Waals surface area (Å²) in [7, 11) is -4.65. The molecular weight excluding hydrogens is 315 g/mol. The minimum atomic E-state index is -4.65. The number of rotatable bonds is 7. The Morgan fingerprint density at radius 1 is 1.00 bits per heavy atom. The first-order chi connectivity index (χ1) is 11.0. The Hall–Kier alpha value is -2.39. The van der Waals surface area contributed by atoms with Crippen molar-refractivity contribution in [1.82, 2.24) is 0 Å². The molecule has 0 heterocycles. The molecule has 0 N–H and O–H groups in total. The lowest BCUT2D eigenvalue weighted by atomic mass is 10.1. The van der Waals surface area contributed by atoms with Gasteiger partial charge in [-0.1, -0.05) is 30.3 Å². The van der Waals surface area contributed by atoms with Gasteiger partial charge in [0, 0.05) is 18.8 Å². The monoisotopic (exact) mass is 332 g/mol. The van der Waals surface area contributed by atoms with Crippen LogP contribution in [-0.4, -0.2) is 21.5 Å². The van der Waals surface area contributed by atoms with Crippen molar-refractivity contribution < 1.29 is 12.3 Å². The fourth-order valence-electron chi connectivity index (χ4n) is 2.28. The lowest BCUT2D eigenvalue weighted by Crippen LogP contribution is -2.26. The molecule has 0 radical (unpaired) electrons. The number of benzene rings is 2. The van der Waals surface area contributed by atoms with Gasteiger partial charge in [0.15, 0.2) is 0 Å². The van der Waals surface area contributed by atoms with E-state index in [2.05, 4.69) is 11.0 Å². The normalized spacial score (nSPS) is 11.0. The zero-order valence-corrected chi connectivity index (χ0v) is 13.3. The molecule has 4 nitrogen and oxygen atoms in total. The molecule has 0 saturated carbocycles. The Kier molecular flexibility index (Phi) is 5.72. The Morgan fingerprint density at radius 3 is 2.22 bits per heavy atom. The number of hydrogen-bond acceptors (Lipinski definition) is 4. The van der Waals surface area contributed by atoms with E-state index < -0.39 is 10.2 Å². The van der Waals surface area contributed by atoms with Crippen LogP contribution in [0.1, 0.15) is 12.0 Å². The predicted molar refractivity (Wildman–Crippen MR) is 87.3 cm³/mol. The Morgan fingerprint density at radius 2 is 1.65 bits per heavy atom. The molecule has 6 heteroatoms. The zero-order valence-electron chi connectivity index (χ0n) is 12.5. The van der Waals surface area contributed by atoms with Crippen LogP contribution in [0.2, 0.25) is 0 Å². The maximum absolute atomic E-state index is 12.9. The van der Waals surface area contributed by atoms with Crippen molar-refractivity contribution in [3.05, 3.63) is 60.2 Å². The summed E-state index contributed by atoms with van der Waals surface area (Å²) in [4.78, 5) is 1.77. The second-order valence-corrected chi connectivity index (χ2v) is 6.41. The SMILES string of the molecule is N#CCCN(CCc1ccc(S(=O)(=O)F)cc1)c1ccccc1. The van der Waals surface area contributed by atoms with Crippen LogP contribution in [0, 0.1) is 11.3 Å². The van der Waals surface area contributed by atoms with Crippen LogP contribution < -0.4 is 4.90 Å². The summed E-state index contributed by atoms with van der Waals surface area (Å²) in [5.74, 6) is 0. The van der Waals surface area contributed by atoms with Crippen LogP contribution in [0.15, 0.2) is 59.5 Å². The van der Waals surface area contributed by atoms with Gasteiger partial charge < -0.3 is 4.90 Å². The van der Waals surface area contributed by atoms with Gasteiger partial charge in [-0.25, -0.2) is 0 Å². The molecule has 0 bridgehead atoms. The molecule has 2 aromatic rings. The van der Waals surface area contributed by atoms with Crippen LogP contribution in [0.3, 0.4) is 0 Å². The number of nitrogens with zero attached hydrogens (tertiary/aromatic N) is 2. The lowest BCUT2D eigenvalue weighted by molar-refractivity contribution is 0.552. The molecule has 0 aliphatic rings. The van der Waals surface area contributed by atoms with Crippen molar-refractivity contribution in [3.63, 3.8) is 0 Å². The van der Waals surface area contributed by atoms with E-state index in [1.165, 1.54) is 12.1 Å². The Balaban J connectivity index is 2.05. The van der Waals surface area contributed by atoms with Crippen LogP contribution in [0.25, 0.3) is 0 Å². The van der Waals surface area contributed by atoms with Gasteiger partial charge in [0.25, 0.3) is 0 Å². The molecule has 0 fully saturated rings. The van der Waals surface area contributed by atoms with E-state index in [-0.39, 0.29) is 4.90 Å². The summed E-state index contributed by atoms with van der Waals surface area (Å²) in [6.45, 7) is 1.31. The first kappa shape index (κ1) is 17.0. The van der Waals surface area contributed by atoms with Crippen molar-refractivity contribution in [2.24, 2.45) is 0 Å². The van der Waals surface area contributed by atoms with Gasteiger partial charge in [0.1, 0.15) is 0 Å². The minimum absolute atomic E-state index is 0.328. The third-order valence-electron chi connectivity index (χ3n) is 3.49. The van der Waals surface area contributed by atoms with E-state index in [0.29, 0.717) is 25.9 Å². The maximum Gasteiger partial charge on any atom is 0.332 e. The number of halogens is 1. The zero-order chi connectivity index (χ0) is 16.7. The van der Waals surface area contributed by atoms with Crippen LogP contribution in [0.5, 0.6) is 0 Å². The summed E-state index contributed by atoms with van der Waals surface area (Å²) >= 11 is 0. The molecule has 0 saturated heterocycles.